The van der Waals surface area contributed by atoms with Gasteiger partial charge in [0.2, 0.25) is 11.8 Å². The van der Waals surface area contributed by atoms with Crippen molar-refractivity contribution >= 4 is 43.5 Å². The molecule has 1 N–H and O–H groups in total. The summed E-state index contributed by atoms with van der Waals surface area (Å²) in [7, 11) is -4.11. The van der Waals surface area contributed by atoms with Gasteiger partial charge in [-0.3, -0.25) is 13.9 Å². The van der Waals surface area contributed by atoms with E-state index < -0.39 is 28.5 Å². The quantitative estimate of drug-likeness (QED) is 0.267. The average Bonchev–Trinajstić information content (AvgIpc) is 2.92. The van der Waals surface area contributed by atoms with Gasteiger partial charge in [-0.25, -0.2) is 8.42 Å². The van der Waals surface area contributed by atoms with Crippen LogP contribution in [0.3, 0.4) is 0 Å². The second kappa shape index (κ2) is 13.9. The van der Waals surface area contributed by atoms with E-state index in [2.05, 4.69) is 21.2 Å². The smallest absolute Gasteiger partial charge is 0.264 e. The number of carbonyl (C=O) groups is 2. The van der Waals surface area contributed by atoms with Gasteiger partial charge in [-0.1, -0.05) is 77.8 Å². The Morgan fingerprint density at radius 1 is 0.925 bits per heavy atom. The second-order valence-corrected chi connectivity index (χ2v) is 12.8. The van der Waals surface area contributed by atoms with E-state index >= 15 is 0 Å². The van der Waals surface area contributed by atoms with Crippen LogP contribution in [0, 0.1) is 13.8 Å². The highest BCUT2D eigenvalue weighted by Crippen LogP contribution is 2.27. The largest absolute Gasteiger partial charge is 0.352 e. The Balaban J connectivity index is 2.07. The van der Waals surface area contributed by atoms with Crippen LogP contribution in [0.15, 0.2) is 82.2 Å². The van der Waals surface area contributed by atoms with Crippen LogP contribution in [0.25, 0.3) is 0 Å². The fraction of sp³-hybridized carbons (Fsp3) is 0.355. The van der Waals surface area contributed by atoms with Gasteiger partial charge in [-0.2, -0.15) is 0 Å². The minimum Gasteiger partial charge on any atom is -0.352 e. The Kier molecular flexibility index (Phi) is 10.9. The summed E-state index contributed by atoms with van der Waals surface area (Å²) in [4.78, 5) is 29.1. The van der Waals surface area contributed by atoms with Gasteiger partial charge in [-0.05, 0) is 75.1 Å². The minimum atomic E-state index is -4.11. The topological polar surface area (TPSA) is 86.8 Å². The summed E-state index contributed by atoms with van der Waals surface area (Å²) >= 11 is 3.42. The number of carbonyl (C=O) groups excluding carboxylic acids is 2. The SMILES string of the molecule is CC[C@@H](C)NC(=O)[C@@H](CC)N(Cc1ccccc1C)C(=O)CN(c1cccc(Br)c1)S(=O)(=O)c1ccc(C)cc1. The minimum absolute atomic E-state index is 0.0583. The molecule has 0 aliphatic heterocycles. The fourth-order valence-corrected chi connectivity index (χ4v) is 6.12. The number of sulfonamides is 1. The lowest BCUT2D eigenvalue weighted by Crippen LogP contribution is -2.53. The number of amides is 2. The highest BCUT2D eigenvalue weighted by molar-refractivity contribution is 9.10. The first-order chi connectivity index (χ1) is 19.0. The molecule has 7 nitrogen and oxygen atoms in total. The van der Waals surface area contributed by atoms with Crippen LogP contribution in [0.2, 0.25) is 0 Å². The van der Waals surface area contributed by atoms with E-state index in [1.807, 2.05) is 58.9 Å². The molecule has 0 aliphatic carbocycles. The van der Waals surface area contributed by atoms with Crippen molar-refractivity contribution in [2.24, 2.45) is 0 Å². The molecule has 0 fully saturated rings. The molecule has 0 spiro atoms. The monoisotopic (exact) mass is 627 g/mol. The molecule has 0 bridgehead atoms. The van der Waals surface area contributed by atoms with E-state index in [9.17, 15) is 18.0 Å². The fourth-order valence-electron chi connectivity index (χ4n) is 4.33. The highest BCUT2D eigenvalue weighted by atomic mass is 79.9. The lowest BCUT2D eigenvalue weighted by molar-refractivity contribution is -0.140. The maximum atomic E-state index is 14.1. The number of hydrogen-bond donors (Lipinski definition) is 1. The van der Waals surface area contributed by atoms with Crippen LogP contribution in [-0.4, -0.2) is 43.8 Å². The Hall–Kier alpha value is -3.17. The summed E-state index contributed by atoms with van der Waals surface area (Å²) in [6.45, 7) is 9.29. The summed E-state index contributed by atoms with van der Waals surface area (Å²) in [5, 5.41) is 3.00. The Morgan fingerprint density at radius 2 is 1.60 bits per heavy atom. The third-order valence-electron chi connectivity index (χ3n) is 6.97. The number of rotatable bonds is 12. The van der Waals surface area contributed by atoms with Crippen molar-refractivity contribution in [1.82, 2.24) is 10.2 Å². The number of aryl methyl sites for hydroxylation is 2. The molecule has 0 heterocycles. The number of anilines is 1. The van der Waals surface area contributed by atoms with Gasteiger partial charge >= 0.3 is 0 Å². The molecule has 214 valence electrons. The Morgan fingerprint density at radius 3 is 2.20 bits per heavy atom. The highest BCUT2D eigenvalue weighted by Gasteiger charge is 2.34. The van der Waals surface area contributed by atoms with Crippen molar-refractivity contribution in [3.63, 3.8) is 0 Å². The van der Waals surface area contributed by atoms with Gasteiger partial charge in [-0.15, -0.1) is 0 Å². The van der Waals surface area contributed by atoms with Crippen molar-refractivity contribution in [2.75, 3.05) is 10.8 Å². The normalized spacial score (nSPS) is 12.8. The second-order valence-electron chi connectivity index (χ2n) is 9.99. The molecule has 0 aromatic heterocycles. The Bertz CT molecular complexity index is 1430. The van der Waals surface area contributed by atoms with Crippen molar-refractivity contribution in [3.05, 3.63) is 94.0 Å². The van der Waals surface area contributed by atoms with Crippen LogP contribution in [0.5, 0.6) is 0 Å². The van der Waals surface area contributed by atoms with Crippen molar-refractivity contribution in [3.8, 4) is 0 Å². The van der Waals surface area contributed by atoms with Crippen molar-refractivity contribution in [2.45, 2.75) is 71.0 Å². The number of halogens is 1. The molecule has 3 rings (SSSR count). The average molecular weight is 629 g/mol. The molecule has 9 heteroatoms. The van der Waals surface area contributed by atoms with E-state index in [0.717, 1.165) is 27.4 Å². The predicted molar refractivity (Wildman–Crippen MR) is 164 cm³/mol. The lowest BCUT2D eigenvalue weighted by atomic mass is 10.1. The van der Waals surface area contributed by atoms with Gasteiger partial charge in [0, 0.05) is 17.1 Å². The van der Waals surface area contributed by atoms with Crippen LogP contribution in [-0.2, 0) is 26.2 Å². The summed E-state index contributed by atoms with van der Waals surface area (Å²) in [6, 6.07) is 20.2. The van der Waals surface area contributed by atoms with Crippen molar-refractivity contribution in [1.29, 1.82) is 0 Å². The first-order valence-electron chi connectivity index (χ1n) is 13.5. The number of benzene rings is 3. The predicted octanol–water partition coefficient (Wildman–Crippen LogP) is 5.98. The van der Waals surface area contributed by atoms with Gasteiger partial charge in [0.05, 0.1) is 10.6 Å². The summed E-state index contributed by atoms with van der Waals surface area (Å²) in [5.74, 6) is -0.723. The van der Waals surface area contributed by atoms with Crippen LogP contribution in [0.4, 0.5) is 5.69 Å². The maximum Gasteiger partial charge on any atom is 0.264 e. The molecule has 0 unspecified atom stereocenters. The summed E-state index contributed by atoms with van der Waals surface area (Å²) in [5.41, 5.74) is 3.14. The zero-order valence-corrected chi connectivity index (χ0v) is 26.1. The van der Waals surface area contributed by atoms with Crippen molar-refractivity contribution < 1.29 is 18.0 Å². The van der Waals surface area contributed by atoms with E-state index in [4.69, 9.17) is 0 Å². The van der Waals surface area contributed by atoms with E-state index in [0.29, 0.717) is 16.6 Å². The molecule has 0 aliphatic rings. The zero-order valence-electron chi connectivity index (χ0n) is 23.7. The van der Waals surface area contributed by atoms with Gasteiger partial charge in [0.25, 0.3) is 10.0 Å². The van der Waals surface area contributed by atoms with Gasteiger partial charge < -0.3 is 10.2 Å². The first kappa shape index (κ1) is 31.4. The van der Waals surface area contributed by atoms with E-state index in [1.54, 1.807) is 48.5 Å². The molecule has 2 amide bonds. The third kappa shape index (κ3) is 7.73. The summed E-state index contributed by atoms with van der Waals surface area (Å²) < 4.78 is 29.7. The van der Waals surface area contributed by atoms with Gasteiger partial charge in [0.1, 0.15) is 12.6 Å². The molecule has 40 heavy (non-hydrogen) atoms. The number of nitrogens with zero attached hydrogens (tertiary/aromatic N) is 2. The standard InChI is InChI=1S/C31H38BrN3O4S/c1-6-24(5)33-31(37)29(7-2)34(20-25-12-9-8-11-23(25)4)30(36)21-35(27-14-10-13-26(32)19-27)40(38,39)28-17-15-22(3)16-18-28/h8-19,24,29H,6-7,20-21H2,1-5H3,(H,33,37)/t24-,29-/m1/s1. The first-order valence-corrected chi connectivity index (χ1v) is 15.7. The molecular formula is C31H38BrN3O4S. The number of nitrogens with one attached hydrogen (secondary N) is 1. The molecular weight excluding hydrogens is 590 g/mol. The zero-order chi connectivity index (χ0) is 29.4. The molecule has 0 radical (unpaired) electrons. The molecule has 0 saturated carbocycles. The van der Waals surface area contributed by atoms with Crippen LogP contribution in [0.1, 0.15) is 50.3 Å². The van der Waals surface area contributed by atoms with Gasteiger partial charge in [0.15, 0.2) is 0 Å². The molecule has 0 saturated heterocycles. The van der Waals surface area contributed by atoms with Crippen LogP contribution < -0.4 is 9.62 Å². The lowest BCUT2D eigenvalue weighted by Gasteiger charge is -2.34. The maximum absolute atomic E-state index is 14.1. The molecule has 3 aromatic carbocycles. The molecule has 2 atom stereocenters. The van der Waals surface area contributed by atoms with Crippen LogP contribution >= 0.6 is 15.9 Å². The summed E-state index contributed by atoms with van der Waals surface area (Å²) in [6.07, 6.45) is 1.13. The Labute approximate surface area is 246 Å². The van der Waals surface area contributed by atoms with E-state index in [-0.39, 0.29) is 23.4 Å². The van der Waals surface area contributed by atoms with E-state index in [1.165, 1.54) is 4.90 Å². The third-order valence-corrected chi connectivity index (χ3v) is 9.25. The molecule has 3 aromatic rings. The number of hydrogen-bond acceptors (Lipinski definition) is 4.